The van der Waals surface area contributed by atoms with E-state index in [-0.39, 0.29) is 22.3 Å². The summed E-state index contributed by atoms with van der Waals surface area (Å²) in [6, 6.07) is 9.42. The number of ether oxygens (including phenoxy) is 2. The molecule has 1 aromatic carbocycles. The minimum absolute atomic E-state index is 0.000516. The number of hydrogen-bond acceptors (Lipinski definition) is 4. The number of rotatable bonds is 11. The van der Waals surface area contributed by atoms with Gasteiger partial charge in [0, 0.05) is 24.2 Å². The van der Waals surface area contributed by atoms with Gasteiger partial charge >= 0.3 is 0 Å². The van der Waals surface area contributed by atoms with E-state index in [9.17, 15) is 9.90 Å². The van der Waals surface area contributed by atoms with Crippen molar-refractivity contribution in [3.05, 3.63) is 51.8 Å². The van der Waals surface area contributed by atoms with Gasteiger partial charge in [-0.25, -0.2) is 0 Å². The fraction of sp³-hybridized carbons (Fsp3) is 0.577. The molecule has 2 rings (SSSR count). The lowest BCUT2D eigenvalue weighted by molar-refractivity contribution is 0.285. The second kappa shape index (κ2) is 10.3. The Labute approximate surface area is 187 Å². The third-order valence-electron chi connectivity index (χ3n) is 6.43. The Morgan fingerprint density at radius 1 is 0.935 bits per heavy atom. The summed E-state index contributed by atoms with van der Waals surface area (Å²) in [6.07, 6.45) is 2.68. The van der Waals surface area contributed by atoms with E-state index in [1.807, 2.05) is 6.92 Å². The Morgan fingerprint density at radius 2 is 1.61 bits per heavy atom. The van der Waals surface area contributed by atoms with Gasteiger partial charge < -0.3 is 14.6 Å². The van der Waals surface area contributed by atoms with Crippen molar-refractivity contribution in [1.82, 2.24) is 4.57 Å². The van der Waals surface area contributed by atoms with Crippen LogP contribution in [0.4, 0.5) is 0 Å². The summed E-state index contributed by atoms with van der Waals surface area (Å²) in [5.74, 6) is 1.19. The molecular formula is C26H39NO4. The average molecular weight is 430 g/mol. The summed E-state index contributed by atoms with van der Waals surface area (Å²) in [7, 11) is 0. The van der Waals surface area contributed by atoms with E-state index < -0.39 is 0 Å². The van der Waals surface area contributed by atoms with E-state index in [4.69, 9.17) is 9.47 Å². The van der Waals surface area contributed by atoms with Crippen LogP contribution in [0.25, 0.3) is 0 Å². The van der Waals surface area contributed by atoms with E-state index in [0.717, 1.165) is 18.6 Å². The number of nitrogens with zero attached hydrogens (tertiary/aromatic N) is 1. The number of aromatic nitrogens is 1. The van der Waals surface area contributed by atoms with Crippen LogP contribution in [0.15, 0.2) is 35.1 Å². The summed E-state index contributed by atoms with van der Waals surface area (Å²) in [4.78, 5) is 12.3. The largest absolute Gasteiger partial charge is 0.494 e. The van der Waals surface area contributed by atoms with Gasteiger partial charge in [-0.05, 0) is 48.6 Å². The third kappa shape index (κ3) is 6.05. The lowest BCUT2D eigenvalue weighted by atomic mass is 9.76. The molecule has 0 bridgehead atoms. The predicted octanol–water partition coefficient (Wildman–Crippen LogP) is 5.80. The summed E-state index contributed by atoms with van der Waals surface area (Å²) >= 11 is 0. The van der Waals surface area contributed by atoms with Crippen LogP contribution in [0.2, 0.25) is 0 Å². The monoisotopic (exact) mass is 429 g/mol. The van der Waals surface area contributed by atoms with Crippen LogP contribution in [-0.2, 0) is 17.4 Å². The lowest BCUT2D eigenvalue weighted by Crippen LogP contribution is -2.22. The van der Waals surface area contributed by atoms with E-state index in [1.165, 1.54) is 27.8 Å². The maximum atomic E-state index is 12.3. The van der Waals surface area contributed by atoms with Crippen molar-refractivity contribution in [2.75, 3.05) is 13.2 Å². The van der Waals surface area contributed by atoms with Gasteiger partial charge in [0.15, 0.2) is 5.88 Å². The Bertz CT molecular complexity index is 927. The zero-order chi connectivity index (χ0) is 23.2. The highest BCUT2D eigenvalue weighted by Crippen LogP contribution is 2.38. The lowest BCUT2D eigenvalue weighted by Gasteiger charge is -2.30. The molecule has 1 heterocycles. The Balaban J connectivity index is 2.14. The van der Waals surface area contributed by atoms with E-state index in [1.54, 1.807) is 0 Å². The van der Waals surface area contributed by atoms with Crippen LogP contribution >= 0.6 is 0 Å². The zero-order valence-electron chi connectivity index (χ0n) is 20.2. The summed E-state index contributed by atoms with van der Waals surface area (Å²) in [5, 5.41) is 10.2. The molecule has 0 saturated carbocycles. The fourth-order valence-electron chi connectivity index (χ4n) is 3.44. The van der Waals surface area contributed by atoms with Gasteiger partial charge in [-0.3, -0.25) is 9.36 Å². The van der Waals surface area contributed by atoms with Crippen molar-refractivity contribution < 1.29 is 14.6 Å². The highest BCUT2D eigenvalue weighted by molar-refractivity contribution is 5.44. The molecule has 0 fully saturated rings. The molecule has 0 spiro atoms. The molecule has 1 N–H and O–H groups in total. The maximum absolute atomic E-state index is 12.3. The first kappa shape index (κ1) is 24.8. The van der Waals surface area contributed by atoms with Crippen molar-refractivity contribution in [2.45, 2.75) is 85.1 Å². The van der Waals surface area contributed by atoms with Crippen LogP contribution in [0, 0.1) is 0 Å². The predicted molar refractivity (Wildman–Crippen MR) is 127 cm³/mol. The molecule has 1 aromatic heterocycles. The van der Waals surface area contributed by atoms with Gasteiger partial charge in [0.25, 0.3) is 5.56 Å². The Hall–Kier alpha value is -2.43. The Kier molecular flexibility index (Phi) is 8.21. The molecule has 172 valence electrons. The molecule has 0 aliphatic heterocycles. The van der Waals surface area contributed by atoms with Crippen LogP contribution in [0.5, 0.6) is 17.4 Å². The molecule has 0 aliphatic rings. The van der Waals surface area contributed by atoms with Crippen LogP contribution < -0.4 is 15.0 Å². The second-order valence-electron chi connectivity index (χ2n) is 9.36. The highest BCUT2D eigenvalue weighted by atomic mass is 16.5. The molecule has 5 nitrogen and oxygen atoms in total. The molecule has 0 unspecified atom stereocenters. The summed E-state index contributed by atoms with van der Waals surface area (Å²) in [6.45, 7) is 16.6. The zero-order valence-corrected chi connectivity index (χ0v) is 20.2. The first-order chi connectivity index (χ1) is 14.6. The molecule has 0 saturated heterocycles. The second-order valence-corrected chi connectivity index (χ2v) is 9.36. The maximum Gasteiger partial charge on any atom is 0.257 e. The van der Waals surface area contributed by atoms with Crippen LogP contribution in [0.3, 0.4) is 0 Å². The van der Waals surface area contributed by atoms with E-state index >= 15 is 0 Å². The topological polar surface area (TPSA) is 60.7 Å². The van der Waals surface area contributed by atoms with Crippen molar-refractivity contribution in [3.8, 4) is 17.4 Å². The number of benzene rings is 1. The van der Waals surface area contributed by atoms with Gasteiger partial charge in [-0.15, -0.1) is 0 Å². The summed E-state index contributed by atoms with van der Waals surface area (Å²) in [5.41, 5.74) is 2.38. The third-order valence-corrected chi connectivity index (χ3v) is 6.43. The first-order valence-electron chi connectivity index (χ1n) is 11.4. The first-order valence-corrected chi connectivity index (χ1v) is 11.4. The average Bonchev–Trinajstić information content (AvgIpc) is 2.72. The van der Waals surface area contributed by atoms with Gasteiger partial charge in [-0.2, -0.15) is 0 Å². The quantitative estimate of drug-likeness (QED) is 0.459. The van der Waals surface area contributed by atoms with Gasteiger partial charge in [0.2, 0.25) is 0 Å². The number of aromatic hydroxyl groups is 1. The van der Waals surface area contributed by atoms with Crippen LogP contribution in [-0.4, -0.2) is 22.9 Å². The standard InChI is InChI=1S/C26H39NO4/c1-8-25(4,5)19-12-13-22(21(16-19)26(6,7)9-2)31-15-11-14-27-23(28)17-20(30-10-3)18-24(27)29/h12-13,16-18,28H,8-11,14-15H2,1-7H3. The van der Waals surface area contributed by atoms with Crippen molar-refractivity contribution in [2.24, 2.45) is 0 Å². The highest BCUT2D eigenvalue weighted by Gasteiger charge is 2.26. The summed E-state index contributed by atoms with van der Waals surface area (Å²) < 4.78 is 12.8. The minimum atomic E-state index is -0.276. The molecule has 2 aromatic rings. The van der Waals surface area contributed by atoms with Gasteiger partial charge in [0.05, 0.1) is 13.2 Å². The Morgan fingerprint density at radius 3 is 2.19 bits per heavy atom. The molecule has 0 amide bonds. The van der Waals surface area contributed by atoms with Gasteiger partial charge in [0.1, 0.15) is 11.5 Å². The number of pyridine rings is 1. The molecule has 5 heteroatoms. The molecule has 0 aliphatic carbocycles. The molecular weight excluding hydrogens is 390 g/mol. The number of hydrogen-bond donors (Lipinski definition) is 1. The minimum Gasteiger partial charge on any atom is -0.494 e. The van der Waals surface area contributed by atoms with E-state index in [0.29, 0.717) is 31.9 Å². The van der Waals surface area contributed by atoms with Crippen LogP contribution in [0.1, 0.15) is 78.9 Å². The van der Waals surface area contributed by atoms with Crippen molar-refractivity contribution >= 4 is 0 Å². The van der Waals surface area contributed by atoms with Crippen molar-refractivity contribution in [1.29, 1.82) is 0 Å². The van der Waals surface area contributed by atoms with Crippen molar-refractivity contribution in [3.63, 3.8) is 0 Å². The van der Waals surface area contributed by atoms with Gasteiger partial charge in [-0.1, -0.05) is 53.7 Å². The SMILES string of the molecule is CCOc1cc(O)n(CCCOc2ccc(C(C)(C)CC)cc2C(C)(C)CC)c(=O)c1. The van der Waals surface area contributed by atoms with E-state index in [2.05, 4.69) is 59.7 Å². The molecule has 0 radical (unpaired) electrons. The normalized spacial score (nSPS) is 12.1. The fourth-order valence-corrected chi connectivity index (χ4v) is 3.44. The smallest absolute Gasteiger partial charge is 0.257 e. The molecule has 0 atom stereocenters. The molecule has 31 heavy (non-hydrogen) atoms.